The van der Waals surface area contributed by atoms with Gasteiger partial charge in [0.1, 0.15) is 12.4 Å². The maximum atomic E-state index is 14.5. The van der Waals surface area contributed by atoms with E-state index in [1.807, 2.05) is 38.4 Å². The van der Waals surface area contributed by atoms with Gasteiger partial charge in [-0.25, -0.2) is 28.1 Å². The minimum atomic E-state index is -4.19. The maximum absolute atomic E-state index is 14.5. The number of aromatic nitrogens is 4. The van der Waals surface area contributed by atoms with Gasteiger partial charge in [0.05, 0.1) is 41.3 Å². The van der Waals surface area contributed by atoms with E-state index in [1.54, 1.807) is 17.0 Å². The molecule has 0 saturated carbocycles. The Kier molecular flexibility index (Phi) is 10.6. The molecule has 12 heteroatoms. The number of hydrogen-bond acceptors (Lipinski definition) is 9. The second kappa shape index (κ2) is 14.8. The predicted octanol–water partition coefficient (Wildman–Crippen LogP) is 7.24. The lowest BCUT2D eigenvalue weighted by atomic mass is 9.91. The molecule has 2 aliphatic rings. The molecule has 0 aliphatic carbocycles. The van der Waals surface area contributed by atoms with E-state index in [2.05, 4.69) is 62.2 Å². The highest BCUT2D eigenvalue weighted by atomic mass is 32.2. The van der Waals surface area contributed by atoms with Gasteiger partial charge in [-0.1, -0.05) is 65.8 Å². The summed E-state index contributed by atoms with van der Waals surface area (Å²) >= 11 is 0. The summed E-state index contributed by atoms with van der Waals surface area (Å²) in [6, 6.07) is 11.8. The summed E-state index contributed by atoms with van der Waals surface area (Å²) < 4.78 is 36.9. The lowest BCUT2D eigenvalue weighted by Gasteiger charge is -2.33. The summed E-state index contributed by atoms with van der Waals surface area (Å²) in [5.74, 6) is 0.892. The average molecular weight is 726 g/mol. The maximum Gasteiger partial charge on any atom is 0.264 e. The van der Waals surface area contributed by atoms with E-state index in [9.17, 15) is 13.2 Å². The smallest absolute Gasteiger partial charge is 0.264 e. The Morgan fingerprint density at radius 2 is 1.73 bits per heavy atom. The fourth-order valence-electron chi connectivity index (χ4n) is 7.19. The van der Waals surface area contributed by atoms with Crippen molar-refractivity contribution in [3.8, 4) is 17.1 Å². The summed E-state index contributed by atoms with van der Waals surface area (Å²) in [5, 5.41) is 0. The molecule has 2 aromatic heterocycles. The molecule has 276 valence electrons. The van der Waals surface area contributed by atoms with E-state index >= 15 is 0 Å². The van der Waals surface area contributed by atoms with Crippen molar-refractivity contribution in [1.29, 1.82) is 0 Å². The molecule has 4 bridgehead atoms. The van der Waals surface area contributed by atoms with Gasteiger partial charge in [0.2, 0.25) is 11.8 Å². The molecule has 4 aromatic rings. The summed E-state index contributed by atoms with van der Waals surface area (Å²) in [7, 11) is -4.19. The molecular formula is C40H51N7O4S. The van der Waals surface area contributed by atoms with Gasteiger partial charge < -0.3 is 14.5 Å². The molecular weight excluding hydrogens is 675 g/mol. The van der Waals surface area contributed by atoms with Gasteiger partial charge in [0.15, 0.2) is 0 Å². The zero-order chi connectivity index (χ0) is 37.4. The second-order valence-electron chi connectivity index (χ2n) is 15.9. The second-order valence-corrected chi connectivity index (χ2v) is 17.6. The van der Waals surface area contributed by atoms with Crippen LogP contribution in [-0.2, 0) is 23.0 Å². The van der Waals surface area contributed by atoms with E-state index in [4.69, 9.17) is 19.7 Å². The topological polar surface area (TPSA) is 131 Å². The van der Waals surface area contributed by atoms with Crippen LogP contribution in [0.2, 0.25) is 0 Å². The number of aryl methyl sites for hydroxylation is 1. The van der Waals surface area contributed by atoms with Gasteiger partial charge >= 0.3 is 0 Å². The van der Waals surface area contributed by atoms with E-state index in [-0.39, 0.29) is 52.7 Å². The van der Waals surface area contributed by atoms with Crippen molar-refractivity contribution < 1.29 is 17.9 Å². The van der Waals surface area contributed by atoms with Crippen LogP contribution in [0.25, 0.3) is 11.3 Å². The largest absolute Gasteiger partial charge is 0.475 e. The highest BCUT2D eigenvalue weighted by Gasteiger charge is 2.32. The Labute approximate surface area is 308 Å². The number of sulfonamides is 1. The van der Waals surface area contributed by atoms with Gasteiger partial charge in [-0.15, -0.1) is 0 Å². The zero-order valence-corrected chi connectivity index (χ0v) is 32.4. The molecule has 1 N–H and O–H groups in total. The fraction of sp³-hybridized carbons (Fsp3) is 0.475. The number of hydrogen-bond donors (Lipinski definition) is 1. The summed E-state index contributed by atoms with van der Waals surface area (Å²) in [4.78, 5) is 37.3. The highest BCUT2D eigenvalue weighted by Crippen LogP contribution is 2.36. The number of anilines is 2. The highest BCUT2D eigenvalue weighted by molar-refractivity contribution is 7.92. The average Bonchev–Trinajstić information content (AvgIpc) is 3.45. The molecule has 0 radical (unpaired) electrons. The van der Waals surface area contributed by atoms with E-state index in [1.165, 1.54) is 12.1 Å². The molecule has 2 aromatic carbocycles. The van der Waals surface area contributed by atoms with Crippen molar-refractivity contribution in [2.24, 2.45) is 17.3 Å². The molecule has 52 heavy (non-hydrogen) atoms. The molecule has 4 heterocycles. The molecule has 1 atom stereocenters. The monoisotopic (exact) mass is 725 g/mol. The minimum Gasteiger partial charge on any atom is -0.475 e. The van der Waals surface area contributed by atoms with Crippen molar-refractivity contribution in [1.82, 2.24) is 24.8 Å². The molecule has 6 rings (SSSR count). The van der Waals surface area contributed by atoms with E-state index < -0.39 is 16.1 Å². The molecule has 0 spiro atoms. The van der Waals surface area contributed by atoms with Crippen LogP contribution in [0.15, 0.2) is 59.8 Å². The standard InChI is InChI=1S/C40H51N7O4S/c1-25(2)17-29-12-9-11-27(5)35(29)36-28(6)37-44-39(43-36)45-52(49,50)33-14-10-13-30(19-33)38(48)47(31(23-51-37)18-26(3)4)22-34-41-20-32(21-42-34)46-16-15-40(7,8)24-46/h9-14,19-21,25-26,31H,15-18,22-24H2,1-8H3,(H,43,44,45)/t31-/m1/s1. The Balaban J connectivity index is 1.44. The third-order valence-corrected chi connectivity index (χ3v) is 11.2. The third kappa shape index (κ3) is 8.22. The predicted molar refractivity (Wildman–Crippen MR) is 204 cm³/mol. The van der Waals surface area contributed by atoms with Crippen LogP contribution in [0.1, 0.15) is 87.3 Å². The minimum absolute atomic E-state index is 0.0725. The Morgan fingerprint density at radius 1 is 1.00 bits per heavy atom. The molecule has 1 amide bonds. The van der Waals surface area contributed by atoms with Crippen LogP contribution in [0.5, 0.6) is 5.88 Å². The Morgan fingerprint density at radius 3 is 2.40 bits per heavy atom. The van der Waals surface area contributed by atoms with Gasteiger partial charge in [0, 0.05) is 29.8 Å². The number of amides is 1. The number of benzene rings is 2. The van der Waals surface area contributed by atoms with Crippen LogP contribution in [0.4, 0.5) is 11.6 Å². The first-order valence-electron chi connectivity index (χ1n) is 18.2. The molecule has 0 unspecified atom stereocenters. The molecule has 2 aliphatic heterocycles. The number of ether oxygens (including phenoxy) is 1. The summed E-state index contributed by atoms with van der Waals surface area (Å²) in [5.41, 5.74) is 5.75. The van der Waals surface area contributed by atoms with Gasteiger partial charge in [0.25, 0.3) is 15.9 Å². The molecule has 1 saturated heterocycles. The SMILES string of the molecule is Cc1cccc(CC(C)C)c1-c1nc2nc(c1C)OC[C@@H](CC(C)C)N(Cc1ncc(N3CCC(C)(C)C3)cn1)C(=O)c1cccc(c1)S(=O)(=O)N2. The number of carbonyl (C=O) groups is 1. The first kappa shape index (κ1) is 37.2. The molecule has 1 fully saturated rings. The lowest BCUT2D eigenvalue weighted by Crippen LogP contribution is -2.44. The quantitative estimate of drug-likeness (QED) is 0.200. The van der Waals surface area contributed by atoms with Crippen molar-refractivity contribution in [2.75, 3.05) is 29.3 Å². The van der Waals surface area contributed by atoms with Crippen molar-refractivity contribution in [2.45, 2.75) is 92.1 Å². The summed E-state index contributed by atoms with van der Waals surface area (Å²) in [6.07, 6.45) is 6.18. The van der Waals surface area contributed by atoms with E-state index in [0.717, 1.165) is 48.3 Å². The van der Waals surface area contributed by atoms with Crippen molar-refractivity contribution in [3.63, 3.8) is 0 Å². The Hall–Kier alpha value is -4.58. The lowest BCUT2D eigenvalue weighted by molar-refractivity contribution is 0.0545. The van der Waals surface area contributed by atoms with Crippen LogP contribution in [-0.4, -0.2) is 64.9 Å². The number of rotatable bonds is 8. The first-order chi connectivity index (χ1) is 24.6. The van der Waals surface area contributed by atoms with Crippen LogP contribution in [0.3, 0.4) is 0 Å². The summed E-state index contributed by atoms with van der Waals surface area (Å²) in [6.45, 7) is 19.1. The zero-order valence-electron chi connectivity index (χ0n) is 31.6. The Bertz CT molecular complexity index is 2050. The van der Waals surface area contributed by atoms with Crippen LogP contribution in [0, 0.1) is 31.1 Å². The van der Waals surface area contributed by atoms with Gasteiger partial charge in [-0.3, -0.25) is 4.79 Å². The van der Waals surface area contributed by atoms with E-state index in [0.29, 0.717) is 29.4 Å². The normalized spacial score (nSPS) is 18.4. The third-order valence-electron chi connectivity index (χ3n) is 9.85. The van der Waals surface area contributed by atoms with Crippen molar-refractivity contribution in [3.05, 3.63) is 82.9 Å². The number of nitrogens with zero attached hydrogens (tertiary/aromatic N) is 6. The van der Waals surface area contributed by atoms with Gasteiger partial charge in [-0.2, -0.15) is 4.98 Å². The number of fused-ring (bicyclic) bond motifs is 4. The number of nitrogens with one attached hydrogen (secondary N) is 1. The van der Waals surface area contributed by atoms with Crippen LogP contribution < -0.4 is 14.4 Å². The van der Waals surface area contributed by atoms with Crippen LogP contribution >= 0.6 is 0 Å². The first-order valence-corrected chi connectivity index (χ1v) is 19.7. The molecule has 11 nitrogen and oxygen atoms in total. The fourth-order valence-corrected chi connectivity index (χ4v) is 8.18. The van der Waals surface area contributed by atoms with Gasteiger partial charge in [-0.05, 0) is 79.7 Å². The number of carbonyl (C=O) groups excluding carboxylic acids is 1. The van der Waals surface area contributed by atoms with Crippen molar-refractivity contribution >= 4 is 27.6 Å².